The first-order valence-electron chi connectivity index (χ1n) is 22.4. The van der Waals surface area contributed by atoms with Crippen LogP contribution < -0.4 is 5.73 Å². The molecule has 1 saturated heterocycles. The van der Waals surface area contributed by atoms with Crippen molar-refractivity contribution in [2.45, 2.75) is 184 Å². The lowest BCUT2D eigenvalue weighted by Crippen LogP contribution is -2.61. The molecule has 0 saturated carbocycles. The van der Waals surface area contributed by atoms with Gasteiger partial charge in [0.05, 0.1) is 79.6 Å². The molecule has 0 radical (unpaired) electrons. The summed E-state index contributed by atoms with van der Waals surface area (Å²) in [6.07, 6.45) is 0.848. The van der Waals surface area contributed by atoms with E-state index in [0.717, 1.165) is 12.8 Å². The van der Waals surface area contributed by atoms with Crippen molar-refractivity contribution in [2.75, 3.05) is 0 Å². The molecule has 0 bridgehead atoms. The molecule has 0 spiro atoms. The van der Waals surface area contributed by atoms with Gasteiger partial charge < -0.3 is 76.1 Å². The Balaban J connectivity index is 2.26. The molecule has 2 heterocycles. The second kappa shape index (κ2) is 30.0. The number of ether oxygens (including phenoxy) is 3. The third kappa shape index (κ3) is 21.4. The molecule has 18 atom stereocenters. The van der Waals surface area contributed by atoms with Crippen LogP contribution in [0.3, 0.4) is 0 Å². The van der Waals surface area contributed by atoms with Crippen LogP contribution in [-0.4, -0.2) is 166 Å². The predicted molar refractivity (Wildman–Crippen MR) is 238 cm³/mol. The fourth-order valence-corrected chi connectivity index (χ4v) is 7.45. The van der Waals surface area contributed by atoms with Gasteiger partial charge in [-0.2, -0.15) is 0 Å². The molecule has 65 heavy (non-hydrogen) atoms. The van der Waals surface area contributed by atoms with Crippen molar-refractivity contribution in [2.24, 2.45) is 23.5 Å². The molecular formula is C47H75NO17. The van der Waals surface area contributed by atoms with E-state index >= 15 is 0 Å². The molecule has 2 rings (SSSR count). The lowest BCUT2D eigenvalue weighted by atomic mass is 9.88. The van der Waals surface area contributed by atoms with Crippen molar-refractivity contribution in [3.63, 3.8) is 0 Å². The Morgan fingerprint density at radius 3 is 1.83 bits per heavy atom. The van der Waals surface area contributed by atoms with Gasteiger partial charge in [0.2, 0.25) is 0 Å². The largest absolute Gasteiger partial charge is 0.481 e. The molecule has 370 valence electrons. The number of Topliss-reactive ketones (excluding diaryl/α,β-unsaturated/α-hetero) is 1. The van der Waals surface area contributed by atoms with E-state index < -0.39 is 147 Å². The van der Waals surface area contributed by atoms with Crippen LogP contribution in [-0.2, 0) is 28.6 Å². The highest BCUT2D eigenvalue weighted by Gasteiger charge is 2.43. The van der Waals surface area contributed by atoms with Crippen LogP contribution in [0.25, 0.3) is 0 Å². The number of aliphatic hydroxyl groups is 10. The molecule has 13 N–H and O–H groups in total. The minimum Gasteiger partial charge on any atom is -0.481 e. The van der Waals surface area contributed by atoms with Crippen LogP contribution in [0.2, 0.25) is 0 Å². The topological polar surface area (TPSA) is 327 Å². The molecule has 18 nitrogen and oxygen atoms in total. The Bertz CT molecular complexity index is 1600. The van der Waals surface area contributed by atoms with Crippen molar-refractivity contribution >= 4 is 17.7 Å². The molecule has 0 aromatic rings. The van der Waals surface area contributed by atoms with Gasteiger partial charge in [0.15, 0.2) is 6.29 Å². The molecule has 0 unspecified atom stereocenters. The van der Waals surface area contributed by atoms with Crippen LogP contribution in [0.4, 0.5) is 0 Å². The van der Waals surface area contributed by atoms with Crippen LogP contribution in [0, 0.1) is 17.8 Å². The van der Waals surface area contributed by atoms with E-state index in [1.807, 2.05) is 43.4 Å². The molecule has 18 heteroatoms. The van der Waals surface area contributed by atoms with E-state index in [1.165, 1.54) is 13.0 Å². The minimum absolute atomic E-state index is 0.144. The lowest BCUT2D eigenvalue weighted by molar-refractivity contribution is -0.277. The average Bonchev–Trinajstić information content (AvgIpc) is 3.22. The minimum atomic E-state index is -1.95. The number of nitrogens with two attached hydrogens (primary N) is 1. The second-order valence-electron chi connectivity index (χ2n) is 17.4. The van der Waals surface area contributed by atoms with Gasteiger partial charge in [-0.25, -0.2) is 0 Å². The standard InChI is InChI=1S/C47H75NO17/c1-27-17-15-13-11-9-7-5-6-8-10-12-14-16-18-35(65-47-45(60)42(48)44(59)30(4)64-47)26-39(56)41(46(61)62)38(55)24-34(52)23-37(54)36(53)20-19-31(49)21-32(50)22-33(51)25-40(57)63-29(3)28(2)43(27)58/h5-6,8,10-18,27-33,35-39,41-45,47,49-51,53-56,58-60H,7,9,19-26,48H2,1-4H3,(H,61,62)/t27-,28-,29-,30-,31+,32+,33+,35+,36-,37+,38-,39+,41-,42+,43-,44+,45+,47+/m1/s1. The van der Waals surface area contributed by atoms with Gasteiger partial charge in [0.25, 0.3) is 0 Å². The number of hydrogen-bond acceptors (Lipinski definition) is 17. The van der Waals surface area contributed by atoms with Gasteiger partial charge in [-0.3, -0.25) is 14.4 Å². The summed E-state index contributed by atoms with van der Waals surface area (Å²) in [6, 6.07) is -1.15. The SMILES string of the molecule is C[C@H]1[C@H](O)[C@H](C)C=CC=CCCC=CC=CC=CC=C[C@H](O[C@@H]2O[C@H](C)[C@H](O)[C@H](N)[C@@H]2O)C[C@H](O)[C@H](C(=O)O)[C@H](O)CC(=O)C[C@H](O)[C@H](O)CC[C@H](O)C[C@H](O)C[C@H](O)CC(=O)O[C@@H]1C. The molecule has 0 aromatic carbocycles. The number of carbonyl (C=O) groups is 3. The highest BCUT2D eigenvalue weighted by atomic mass is 16.7. The van der Waals surface area contributed by atoms with E-state index in [9.17, 15) is 70.6 Å². The van der Waals surface area contributed by atoms with E-state index in [2.05, 4.69) is 0 Å². The molecule has 2 aliphatic heterocycles. The van der Waals surface area contributed by atoms with Gasteiger partial charge >= 0.3 is 11.9 Å². The summed E-state index contributed by atoms with van der Waals surface area (Å²) in [5.74, 6) is -5.88. The maximum Gasteiger partial charge on any atom is 0.311 e. The Kier molecular flexibility index (Phi) is 26.6. The first-order chi connectivity index (χ1) is 30.6. The number of allylic oxidation sites excluding steroid dienone is 10. The van der Waals surface area contributed by atoms with Gasteiger partial charge in [-0.15, -0.1) is 0 Å². The van der Waals surface area contributed by atoms with Crippen LogP contribution in [0.5, 0.6) is 0 Å². The Morgan fingerprint density at radius 1 is 0.615 bits per heavy atom. The van der Waals surface area contributed by atoms with Crippen LogP contribution in [0.15, 0.2) is 72.9 Å². The predicted octanol–water partition coefficient (Wildman–Crippen LogP) is 0.778. The second-order valence-corrected chi connectivity index (χ2v) is 17.4. The Labute approximate surface area is 381 Å². The number of aliphatic carboxylic acids is 1. The van der Waals surface area contributed by atoms with Crippen LogP contribution in [0.1, 0.15) is 91.9 Å². The van der Waals surface area contributed by atoms with Gasteiger partial charge in [0, 0.05) is 31.1 Å². The van der Waals surface area contributed by atoms with E-state index in [4.69, 9.17) is 19.9 Å². The van der Waals surface area contributed by atoms with Gasteiger partial charge in [0.1, 0.15) is 23.9 Å². The Hall–Kier alpha value is -3.47. The summed E-state index contributed by atoms with van der Waals surface area (Å²) < 4.78 is 17.0. The average molecular weight is 926 g/mol. The summed E-state index contributed by atoms with van der Waals surface area (Å²) in [5, 5.41) is 116. The number of cyclic esters (lactones) is 1. The summed E-state index contributed by atoms with van der Waals surface area (Å²) in [6.45, 7) is 6.73. The fraction of sp³-hybridized carbons (Fsp3) is 0.681. The smallest absolute Gasteiger partial charge is 0.311 e. The first kappa shape index (κ1) is 57.7. The highest BCUT2D eigenvalue weighted by molar-refractivity contribution is 5.81. The summed E-state index contributed by atoms with van der Waals surface area (Å²) in [4.78, 5) is 37.8. The first-order valence-corrected chi connectivity index (χ1v) is 22.4. The molecular weight excluding hydrogens is 851 g/mol. The van der Waals surface area contributed by atoms with Crippen molar-refractivity contribution in [3.8, 4) is 0 Å². The number of hydrogen-bond donors (Lipinski definition) is 12. The third-order valence-corrected chi connectivity index (χ3v) is 11.7. The van der Waals surface area contributed by atoms with E-state index in [-0.39, 0.29) is 31.6 Å². The number of carboxylic acid groups (broad SMARTS) is 1. The highest BCUT2D eigenvalue weighted by Crippen LogP contribution is 2.26. The third-order valence-electron chi connectivity index (χ3n) is 11.7. The van der Waals surface area contributed by atoms with Gasteiger partial charge in [-0.1, -0.05) is 86.8 Å². The lowest BCUT2D eigenvalue weighted by Gasteiger charge is -2.41. The maximum atomic E-state index is 12.9. The van der Waals surface area contributed by atoms with Crippen molar-refractivity contribution in [1.82, 2.24) is 0 Å². The summed E-state index contributed by atoms with van der Waals surface area (Å²) in [5.41, 5.74) is 5.96. The van der Waals surface area contributed by atoms with Crippen molar-refractivity contribution in [1.29, 1.82) is 0 Å². The number of ketones is 1. The molecule has 0 aromatic heterocycles. The van der Waals surface area contributed by atoms with E-state index in [1.54, 1.807) is 44.2 Å². The fourth-order valence-electron chi connectivity index (χ4n) is 7.45. The van der Waals surface area contributed by atoms with E-state index in [0.29, 0.717) is 0 Å². The molecule has 2 aliphatic rings. The monoisotopic (exact) mass is 926 g/mol. The number of aliphatic hydroxyl groups excluding tert-OH is 10. The normalized spacial score (nSPS) is 39.6. The zero-order valence-electron chi connectivity index (χ0n) is 37.8. The summed E-state index contributed by atoms with van der Waals surface area (Å²) in [7, 11) is 0. The number of carbonyl (C=O) groups excluding carboxylic acids is 2. The van der Waals surface area contributed by atoms with Crippen molar-refractivity contribution < 1.29 is 84.8 Å². The Morgan fingerprint density at radius 2 is 1.18 bits per heavy atom. The van der Waals surface area contributed by atoms with Crippen LogP contribution >= 0.6 is 0 Å². The van der Waals surface area contributed by atoms with Crippen molar-refractivity contribution in [3.05, 3.63) is 72.9 Å². The summed E-state index contributed by atoms with van der Waals surface area (Å²) >= 11 is 0. The molecule has 0 aliphatic carbocycles. The zero-order chi connectivity index (χ0) is 48.8. The maximum absolute atomic E-state index is 12.9. The number of rotatable bonds is 3. The number of carboxylic acids is 1. The molecule has 0 amide bonds. The zero-order valence-corrected chi connectivity index (χ0v) is 37.8. The van der Waals surface area contributed by atoms with Gasteiger partial charge in [-0.05, 0) is 52.4 Å². The molecule has 1 fully saturated rings. The number of esters is 1. The quantitative estimate of drug-likeness (QED) is 0.174.